The highest BCUT2D eigenvalue weighted by molar-refractivity contribution is 5.29. The number of phenolic OH excluding ortho intramolecular Hbond substituents is 1. The molecule has 2 aromatic carbocycles. The maximum absolute atomic E-state index is 13.1. The van der Waals surface area contributed by atoms with E-state index in [1.807, 2.05) is 31.2 Å². The molecule has 0 aromatic heterocycles. The number of hydrogen-bond acceptors (Lipinski definition) is 3. The van der Waals surface area contributed by atoms with Gasteiger partial charge in [-0.3, -0.25) is 0 Å². The molecule has 0 spiro atoms. The quantitative estimate of drug-likeness (QED) is 0.850. The molecule has 0 unspecified atom stereocenters. The molecule has 0 atom stereocenters. The third kappa shape index (κ3) is 4.24. The van der Waals surface area contributed by atoms with Gasteiger partial charge in [0.2, 0.25) is 0 Å². The van der Waals surface area contributed by atoms with Crippen LogP contribution in [0.4, 0.5) is 4.39 Å². The van der Waals surface area contributed by atoms with E-state index in [9.17, 15) is 9.50 Å². The van der Waals surface area contributed by atoms with Crippen LogP contribution in [0, 0.1) is 5.82 Å². The summed E-state index contributed by atoms with van der Waals surface area (Å²) in [6.45, 7) is 3.73. The monoisotopic (exact) mass is 275 g/mol. The van der Waals surface area contributed by atoms with Crippen molar-refractivity contribution in [3.05, 3.63) is 59.4 Å². The summed E-state index contributed by atoms with van der Waals surface area (Å²) >= 11 is 0. The van der Waals surface area contributed by atoms with E-state index in [0.717, 1.165) is 17.4 Å². The normalized spacial score (nSPS) is 10.5. The summed E-state index contributed by atoms with van der Waals surface area (Å²) in [5.41, 5.74) is 1.81. The first kappa shape index (κ1) is 14.3. The summed E-state index contributed by atoms with van der Waals surface area (Å²) in [6, 6.07) is 11.9. The second-order valence-electron chi connectivity index (χ2n) is 4.50. The van der Waals surface area contributed by atoms with Crippen LogP contribution in [-0.4, -0.2) is 11.7 Å². The number of halogens is 1. The van der Waals surface area contributed by atoms with E-state index in [0.29, 0.717) is 25.3 Å². The molecule has 2 N–H and O–H groups in total. The number of hydrogen-bond donors (Lipinski definition) is 2. The van der Waals surface area contributed by atoms with Crippen LogP contribution in [0.25, 0.3) is 0 Å². The molecule has 3 nitrogen and oxygen atoms in total. The Kier molecular flexibility index (Phi) is 4.96. The molecule has 0 fully saturated rings. The van der Waals surface area contributed by atoms with Crippen molar-refractivity contribution in [1.29, 1.82) is 0 Å². The SMILES string of the molecule is CCOc1cccc(CNCc2cc(O)cc(F)c2)c1. The molecule has 0 heterocycles. The highest BCUT2D eigenvalue weighted by atomic mass is 19.1. The molecule has 0 amide bonds. The lowest BCUT2D eigenvalue weighted by atomic mass is 10.2. The van der Waals surface area contributed by atoms with Gasteiger partial charge < -0.3 is 15.2 Å². The topological polar surface area (TPSA) is 41.5 Å². The van der Waals surface area contributed by atoms with Crippen LogP contribution in [0.5, 0.6) is 11.5 Å². The van der Waals surface area contributed by atoms with Crippen LogP contribution in [0.3, 0.4) is 0 Å². The zero-order chi connectivity index (χ0) is 14.4. The average molecular weight is 275 g/mol. The smallest absolute Gasteiger partial charge is 0.127 e. The Morgan fingerprint density at radius 2 is 1.90 bits per heavy atom. The minimum Gasteiger partial charge on any atom is -0.508 e. The lowest BCUT2D eigenvalue weighted by molar-refractivity contribution is 0.340. The molecular weight excluding hydrogens is 257 g/mol. The third-order valence-corrected chi connectivity index (χ3v) is 2.81. The van der Waals surface area contributed by atoms with Gasteiger partial charge >= 0.3 is 0 Å². The van der Waals surface area contributed by atoms with Gasteiger partial charge in [-0.25, -0.2) is 4.39 Å². The summed E-state index contributed by atoms with van der Waals surface area (Å²) in [5.74, 6) is 0.357. The Labute approximate surface area is 118 Å². The summed E-state index contributed by atoms with van der Waals surface area (Å²) in [5, 5.41) is 12.5. The van der Waals surface area contributed by atoms with Crippen molar-refractivity contribution in [1.82, 2.24) is 5.32 Å². The van der Waals surface area contributed by atoms with Gasteiger partial charge in [0.1, 0.15) is 17.3 Å². The average Bonchev–Trinajstić information content (AvgIpc) is 2.38. The van der Waals surface area contributed by atoms with E-state index in [4.69, 9.17) is 4.74 Å². The van der Waals surface area contributed by atoms with Crippen molar-refractivity contribution in [3.63, 3.8) is 0 Å². The van der Waals surface area contributed by atoms with Crippen LogP contribution < -0.4 is 10.1 Å². The highest BCUT2D eigenvalue weighted by Gasteiger charge is 2.01. The maximum Gasteiger partial charge on any atom is 0.127 e. The Morgan fingerprint density at radius 3 is 2.65 bits per heavy atom. The van der Waals surface area contributed by atoms with Crippen molar-refractivity contribution < 1.29 is 14.2 Å². The number of rotatable bonds is 6. The van der Waals surface area contributed by atoms with E-state index in [-0.39, 0.29) is 5.75 Å². The molecule has 0 saturated heterocycles. The second-order valence-corrected chi connectivity index (χ2v) is 4.50. The van der Waals surface area contributed by atoms with E-state index in [1.54, 1.807) is 6.07 Å². The van der Waals surface area contributed by atoms with Crippen LogP contribution in [0.2, 0.25) is 0 Å². The Bertz CT molecular complexity index is 552. The van der Waals surface area contributed by atoms with Crippen LogP contribution in [0.15, 0.2) is 42.5 Å². The molecule has 0 bridgehead atoms. The number of aromatic hydroxyl groups is 1. The van der Waals surface area contributed by atoms with Crippen LogP contribution >= 0.6 is 0 Å². The first-order valence-corrected chi connectivity index (χ1v) is 6.58. The van der Waals surface area contributed by atoms with Crippen molar-refractivity contribution in [3.8, 4) is 11.5 Å². The fraction of sp³-hybridized carbons (Fsp3) is 0.250. The maximum atomic E-state index is 13.1. The molecule has 0 aliphatic carbocycles. The van der Waals surface area contributed by atoms with Gasteiger partial charge in [-0.1, -0.05) is 12.1 Å². The van der Waals surface area contributed by atoms with Crippen LogP contribution in [0.1, 0.15) is 18.1 Å². The highest BCUT2D eigenvalue weighted by Crippen LogP contribution is 2.15. The van der Waals surface area contributed by atoms with Gasteiger partial charge in [0.05, 0.1) is 6.61 Å². The molecule has 0 aliphatic rings. The molecule has 0 aliphatic heterocycles. The molecule has 0 radical (unpaired) electrons. The number of phenols is 1. The van der Waals surface area contributed by atoms with E-state index >= 15 is 0 Å². The molecule has 20 heavy (non-hydrogen) atoms. The summed E-state index contributed by atoms with van der Waals surface area (Å²) in [6.07, 6.45) is 0. The van der Waals surface area contributed by atoms with Gasteiger partial charge in [0, 0.05) is 19.2 Å². The molecule has 4 heteroatoms. The fourth-order valence-corrected chi connectivity index (χ4v) is 2.00. The largest absolute Gasteiger partial charge is 0.508 e. The first-order chi connectivity index (χ1) is 9.67. The second kappa shape index (κ2) is 6.91. The Balaban J connectivity index is 1.90. The molecule has 106 valence electrons. The minimum absolute atomic E-state index is 0.0554. The van der Waals surface area contributed by atoms with Crippen molar-refractivity contribution in [2.75, 3.05) is 6.61 Å². The first-order valence-electron chi connectivity index (χ1n) is 6.58. The number of benzene rings is 2. The Hall–Kier alpha value is -2.07. The van der Waals surface area contributed by atoms with E-state index in [2.05, 4.69) is 5.32 Å². The predicted molar refractivity (Wildman–Crippen MR) is 76.2 cm³/mol. The molecule has 0 saturated carbocycles. The minimum atomic E-state index is -0.430. The van der Waals surface area contributed by atoms with Gasteiger partial charge in [-0.2, -0.15) is 0 Å². The Morgan fingerprint density at radius 1 is 1.10 bits per heavy atom. The zero-order valence-electron chi connectivity index (χ0n) is 11.4. The fourth-order valence-electron chi connectivity index (χ4n) is 2.00. The van der Waals surface area contributed by atoms with Gasteiger partial charge in [0.25, 0.3) is 0 Å². The van der Waals surface area contributed by atoms with E-state index < -0.39 is 5.82 Å². The van der Waals surface area contributed by atoms with Gasteiger partial charge in [-0.15, -0.1) is 0 Å². The molecule has 2 rings (SSSR count). The number of nitrogens with one attached hydrogen (secondary N) is 1. The van der Waals surface area contributed by atoms with Crippen molar-refractivity contribution >= 4 is 0 Å². The van der Waals surface area contributed by atoms with Crippen molar-refractivity contribution in [2.45, 2.75) is 20.0 Å². The zero-order valence-corrected chi connectivity index (χ0v) is 11.4. The number of ether oxygens (including phenoxy) is 1. The van der Waals surface area contributed by atoms with Crippen LogP contribution in [-0.2, 0) is 13.1 Å². The lowest BCUT2D eigenvalue weighted by Gasteiger charge is -2.08. The van der Waals surface area contributed by atoms with Crippen molar-refractivity contribution in [2.24, 2.45) is 0 Å². The standard InChI is InChI=1S/C16H18FNO2/c1-2-20-16-5-3-4-12(8-16)10-18-11-13-6-14(17)9-15(19)7-13/h3-9,18-19H,2,10-11H2,1H3. The van der Waals surface area contributed by atoms with E-state index in [1.165, 1.54) is 6.07 Å². The third-order valence-electron chi connectivity index (χ3n) is 2.81. The summed E-state index contributed by atoms with van der Waals surface area (Å²) in [7, 11) is 0. The lowest BCUT2D eigenvalue weighted by Crippen LogP contribution is -2.12. The molecular formula is C16H18FNO2. The summed E-state index contributed by atoms with van der Waals surface area (Å²) < 4.78 is 18.5. The molecule has 2 aromatic rings. The van der Waals surface area contributed by atoms with Gasteiger partial charge in [0.15, 0.2) is 0 Å². The predicted octanol–water partition coefficient (Wildman–Crippen LogP) is 3.22. The van der Waals surface area contributed by atoms with Gasteiger partial charge in [-0.05, 0) is 42.3 Å². The summed E-state index contributed by atoms with van der Waals surface area (Å²) in [4.78, 5) is 0.